The van der Waals surface area contributed by atoms with Crippen LogP contribution < -0.4 is 20.9 Å². The number of aromatic nitrogens is 2. The van der Waals surface area contributed by atoms with E-state index in [9.17, 15) is 14.4 Å². The molecule has 10 nitrogen and oxygen atoms in total. The van der Waals surface area contributed by atoms with Gasteiger partial charge in [-0.15, -0.1) is 0 Å². The number of hydrogen-bond acceptors (Lipinski definition) is 8. The van der Waals surface area contributed by atoms with E-state index in [-0.39, 0.29) is 24.7 Å². The van der Waals surface area contributed by atoms with Crippen LogP contribution in [0.15, 0.2) is 58.3 Å². The molecule has 204 valence electrons. The van der Waals surface area contributed by atoms with Crippen LogP contribution in [0.5, 0.6) is 5.75 Å². The van der Waals surface area contributed by atoms with Gasteiger partial charge in [-0.1, -0.05) is 43.3 Å². The van der Waals surface area contributed by atoms with E-state index in [4.69, 9.17) is 18.5 Å². The lowest BCUT2D eigenvalue weighted by Crippen LogP contribution is -2.35. The molecule has 0 aliphatic carbocycles. The van der Waals surface area contributed by atoms with Crippen LogP contribution in [0.1, 0.15) is 45.9 Å². The number of rotatable bonds is 10. The molecule has 1 fully saturated rings. The first-order valence-electron chi connectivity index (χ1n) is 12.7. The van der Waals surface area contributed by atoms with Gasteiger partial charge in [0.25, 0.3) is 5.56 Å². The zero-order valence-electron chi connectivity index (χ0n) is 22.2. The summed E-state index contributed by atoms with van der Waals surface area (Å²) in [5.74, 6) is 0.223. The summed E-state index contributed by atoms with van der Waals surface area (Å²) in [7, 11) is -1.77. The highest BCUT2D eigenvalue weighted by molar-refractivity contribution is 7.45. The van der Waals surface area contributed by atoms with Crippen LogP contribution in [0.3, 0.4) is 0 Å². The Bertz CT molecular complexity index is 1380. The summed E-state index contributed by atoms with van der Waals surface area (Å²) >= 11 is 0. The SMILES string of the molecule is Cc1cn(C2OC(COP(NC(C)C(=O)OC(C)C)Oc3cccc4ccccc34)C[C@@H]2C)c(=O)[nH]c1=O. The van der Waals surface area contributed by atoms with Gasteiger partial charge in [-0.3, -0.25) is 19.1 Å². The Balaban J connectivity index is 1.49. The van der Waals surface area contributed by atoms with Crippen LogP contribution in [0.4, 0.5) is 0 Å². The molecule has 0 saturated carbocycles. The van der Waals surface area contributed by atoms with Crippen molar-refractivity contribution in [2.24, 2.45) is 5.92 Å². The van der Waals surface area contributed by atoms with E-state index in [0.717, 1.165) is 10.8 Å². The Morgan fingerprint density at radius 3 is 2.68 bits per heavy atom. The van der Waals surface area contributed by atoms with Gasteiger partial charge in [0.15, 0.2) is 0 Å². The molecular formula is C27H34N3O7P. The second-order valence-corrected chi connectivity index (χ2v) is 11.0. The standard InChI is InChI=1S/C27H34N3O7P/c1-16(2)35-26(32)19(5)29-38(37-23-12-8-10-20-9-6-7-11-22(20)23)34-15-21-13-17(3)25(36-21)30-14-18(4)24(31)28-27(30)33/h6-12,14,16-17,19,21,25,29H,13,15H2,1-5H3,(H,28,31,33)/t17-,19?,21?,25?,38?/m0/s1. The van der Waals surface area contributed by atoms with Crippen molar-refractivity contribution in [3.63, 3.8) is 0 Å². The molecule has 2 heterocycles. The van der Waals surface area contributed by atoms with Crippen molar-refractivity contribution in [3.8, 4) is 5.75 Å². The van der Waals surface area contributed by atoms with Crippen LogP contribution in [-0.4, -0.2) is 40.4 Å². The lowest BCUT2D eigenvalue weighted by atomic mass is 10.1. The molecule has 4 unspecified atom stereocenters. The van der Waals surface area contributed by atoms with Gasteiger partial charge in [0.05, 0.1) is 18.8 Å². The van der Waals surface area contributed by atoms with Crippen LogP contribution in [-0.2, 0) is 18.8 Å². The highest BCUT2D eigenvalue weighted by Gasteiger charge is 2.35. The number of aromatic amines is 1. The molecule has 3 aromatic rings. The minimum atomic E-state index is -1.77. The highest BCUT2D eigenvalue weighted by atomic mass is 31.2. The first kappa shape index (κ1) is 28.0. The number of hydrogen-bond donors (Lipinski definition) is 2. The maximum Gasteiger partial charge on any atom is 0.330 e. The summed E-state index contributed by atoms with van der Waals surface area (Å²) in [6, 6.07) is 12.9. The smallest absolute Gasteiger partial charge is 0.330 e. The number of aryl methyl sites for hydroxylation is 1. The molecule has 4 rings (SSSR count). The van der Waals surface area contributed by atoms with Crippen molar-refractivity contribution in [2.45, 2.75) is 65.5 Å². The molecule has 2 aromatic carbocycles. The quantitative estimate of drug-likeness (QED) is 0.289. The number of carbonyl (C=O) groups excluding carboxylic acids is 1. The molecule has 2 N–H and O–H groups in total. The summed E-state index contributed by atoms with van der Waals surface area (Å²) in [5.41, 5.74) is -0.498. The average molecular weight is 544 g/mol. The van der Waals surface area contributed by atoms with Gasteiger partial charge in [-0.05, 0) is 45.6 Å². The Kier molecular flexibility index (Phi) is 8.99. The summed E-state index contributed by atoms with van der Waals surface area (Å²) < 4.78 is 25.3. The molecule has 0 amide bonds. The predicted molar refractivity (Wildman–Crippen MR) is 145 cm³/mol. The van der Waals surface area contributed by atoms with E-state index in [1.54, 1.807) is 27.7 Å². The van der Waals surface area contributed by atoms with Crippen LogP contribution in [0, 0.1) is 12.8 Å². The lowest BCUT2D eigenvalue weighted by molar-refractivity contribution is -0.149. The Labute approximate surface area is 222 Å². The predicted octanol–water partition coefficient (Wildman–Crippen LogP) is 4.17. The third-order valence-corrected chi connectivity index (χ3v) is 7.53. The minimum absolute atomic E-state index is 0.00437. The fraction of sp³-hybridized carbons (Fsp3) is 0.444. The van der Waals surface area contributed by atoms with Crippen LogP contribution >= 0.6 is 8.53 Å². The fourth-order valence-corrected chi connectivity index (χ4v) is 5.53. The monoisotopic (exact) mass is 543 g/mol. The molecule has 1 aromatic heterocycles. The number of fused-ring (bicyclic) bond motifs is 1. The molecule has 1 aliphatic heterocycles. The molecule has 1 aliphatic rings. The minimum Gasteiger partial charge on any atom is -0.462 e. The van der Waals surface area contributed by atoms with Gasteiger partial charge in [0, 0.05) is 23.1 Å². The highest BCUT2D eigenvalue weighted by Crippen LogP contribution is 2.41. The molecule has 0 bridgehead atoms. The number of ether oxygens (including phenoxy) is 2. The van der Waals surface area contributed by atoms with Gasteiger partial charge in [0.1, 0.15) is 18.0 Å². The van der Waals surface area contributed by atoms with Crippen molar-refractivity contribution in [1.82, 2.24) is 14.6 Å². The molecule has 0 radical (unpaired) electrons. The average Bonchev–Trinajstić information content (AvgIpc) is 3.24. The van der Waals surface area contributed by atoms with Crippen molar-refractivity contribution >= 4 is 25.3 Å². The third kappa shape index (κ3) is 6.69. The zero-order chi connectivity index (χ0) is 27.4. The van der Waals surface area contributed by atoms with Gasteiger partial charge < -0.3 is 18.5 Å². The largest absolute Gasteiger partial charge is 0.462 e. The van der Waals surface area contributed by atoms with E-state index in [1.807, 2.05) is 49.4 Å². The topological polar surface area (TPSA) is 121 Å². The molecule has 38 heavy (non-hydrogen) atoms. The molecule has 0 spiro atoms. The van der Waals surface area contributed by atoms with Gasteiger partial charge >= 0.3 is 20.2 Å². The molecule has 1 saturated heterocycles. The summed E-state index contributed by atoms with van der Waals surface area (Å²) in [5, 5.41) is 5.07. The van der Waals surface area contributed by atoms with E-state index in [1.165, 1.54) is 10.8 Å². The van der Waals surface area contributed by atoms with Gasteiger partial charge in [0.2, 0.25) is 0 Å². The first-order valence-corrected chi connectivity index (χ1v) is 13.8. The van der Waals surface area contributed by atoms with E-state index in [0.29, 0.717) is 17.7 Å². The van der Waals surface area contributed by atoms with E-state index >= 15 is 0 Å². The number of esters is 1. The second kappa shape index (κ2) is 12.2. The number of nitrogens with one attached hydrogen (secondary N) is 2. The van der Waals surface area contributed by atoms with Crippen LogP contribution in [0.2, 0.25) is 0 Å². The number of benzene rings is 2. The van der Waals surface area contributed by atoms with Crippen molar-refractivity contribution in [3.05, 3.63) is 75.1 Å². The lowest BCUT2D eigenvalue weighted by Gasteiger charge is -2.24. The molecule has 11 heteroatoms. The molecular weight excluding hydrogens is 509 g/mol. The zero-order valence-corrected chi connectivity index (χ0v) is 23.1. The normalized spacial score (nSPS) is 20.9. The maximum absolute atomic E-state index is 12.5. The van der Waals surface area contributed by atoms with E-state index < -0.39 is 38.0 Å². The third-order valence-electron chi connectivity index (χ3n) is 6.19. The first-order chi connectivity index (χ1) is 18.1. The van der Waals surface area contributed by atoms with Gasteiger partial charge in [-0.2, -0.15) is 0 Å². The summed E-state index contributed by atoms with van der Waals surface area (Å²) in [4.78, 5) is 39.0. The second-order valence-electron chi connectivity index (χ2n) is 9.80. The van der Waals surface area contributed by atoms with Gasteiger partial charge in [-0.25, -0.2) is 9.88 Å². The Morgan fingerprint density at radius 1 is 1.18 bits per heavy atom. The van der Waals surface area contributed by atoms with Crippen molar-refractivity contribution in [1.29, 1.82) is 0 Å². The number of carbonyl (C=O) groups is 1. The summed E-state index contributed by atoms with van der Waals surface area (Å²) in [6.07, 6.45) is 1.05. The maximum atomic E-state index is 12.5. The number of H-pyrrole nitrogens is 1. The Hall–Kier alpha value is -3.04. The fourth-order valence-electron chi connectivity index (χ4n) is 4.29. The number of nitrogens with zero attached hydrogens (tertiary/aromatic N) is 1. The van der Waals surface area contributed by atoms with Crippen LogP contribution in [0.25, 0.3) is 10.8 Å². The van der Waals surface area contributed by atoms with Crippen molar-refractivity contribution in [2.75, 3.05) is 6.61 Å². The van der Waals surface area contributed by atoms with E-state index in [2.05, 4.69) is 10.1 Å². The summed E-state index contributed by atoms with van der Waals surface area (Å²) in [6.45, 7) is 9.08. The molecule has 5 atom stereocenters. The Morgan fingerprint density at radius 2 is 1.92 bits per heavy atom. The van der Waals surface area contributed by atoms with Crippen molar-refractivity contribution < 1.29 is 23.3 Å².